The van der Waals surface area contributed by atoms with E-state index in [1.165, 1.54) is 0 Å². The zero-order valence-electron chi connectivity index (χ0n) is 10.6. The van der Waals surface area contributed by atoms with Crippen LogP contribution in [0.1, 0.15) is 16.7 Å². The number of thiol groups is 1. The van der Waals surface area contributed by atoms with Gasteiger partial charge in [0.1, 0.15) is 0 Å². The largest absolute Gasteiger partial charge is 0.418 e. The average Bonchev–Trinajstić information content (AvgIpc) is 2.38. The Kier molecular flexibility index (Phi) is 4.22. The minimum Gasteiger partial charge on any atom is -0.258 e. The van der Waals surface area contributed by atoms with E-state index < -0.39 is 27.2 Å². The smallest absolute Gasteiger partial charge is 0.258 e. The van der Waals surface area contributed by atoms with Crippen LogP contribution in [0.2, 0.25) is 0 Å². The van der Waals surface area contributed by atoms with Crippen molar-refractivity contribution in [3.63, 3.8) is 0 Å². The summed E-state index contributed by atoms with van der Waals surface area (Å²) in [5.74, 6) is 0. The molecule has 0 amide bonds. The summed E-state index contributed by atoms with van der Waals surface area (Å²) in [5.41, 5.74) is -1.06. The Bertz CT molecular complexity index is 672. The topological polar surface area (TPSA) is 43.1 Å². The fourth-order valence-corrected chi connectivity index (χ4v) is 2.48. The Morgan fingerprint density at radius 3 is 2.24 bits per heavy atom. The highest BCUT2D eigenvalue weighted by molar-refractivity contribution is 7.80. The molecule has 0 bridgehead atoms. The van der Waals surface area contributed by atoms with Crippen LogP contribution in [-0.4, -0.2) is 4.92 Å². The summed E-state index contributed by atoms with van der Waals surface area (Å²) in [4.78, 5) is 9.24. The summed E-state index contributed by atoms with van der Waals surface area (Å²) in [6.07, 6.45) is -4.67. The molecule has 0 aromatic heterocycles. The van der Waals surface area contributed by atoms with Crippen molar-refractivity contribution in [1.29, 1.82) is 0 Å². The number of nitro groups is 1. The summed E-state index contributed by atoms with van der Waals surface area (Å²) < 4.78 is 39.6. The number of nitrogens with zero attached hydrogens (tertiary/aromatic N) is 1. The molecule has 2 aromatic rings. The number of benzene rings is 2. The molecule has 0 N–H and O–H groups in total. The van der Waals surface area contributed by atoms with E-state index in [-0.39, 0.29) is 12.0 Å². The highest BCUT2D eigenvalue weighted by Crippen LogP contribution is 2.41. The molecule has 2 aromatic carbocycles. The number of rotatable bonds is 3. The molecule has 0 aliphatic carbocycles. The van der Waals surface area contributed by atoms with Gasteiger partial charge in [-0.15, -0.1) is 12.6 Å². The van der Waals surface area contributed by atoms with Crippen molar-refractivity contribution in [2.24, 2.45) is 0 Å². The van der Waals surface area contributed by atoms with Crippen LogP contribution in [0.15, 0.2) is 47.4 Å². The summed E-state index contributed by atoms with van der Waals surface area (Å²) in [6, 6.07) is 10.8. The maximum Gasteiger partial charge on any atom is 0.418 e. The number of alkyl halides is 3. The second-order valence-corrected chi connectivity index (χ2v) is 4.83. The fourth-order valence-electron chi connectivity index (χ4n) is 2.05. The molecule has 0 saturated heterocycles. The molecule has 21 heavy (non-hydrogen) atoms. The molecule has 7 heteroatoms. The third-order valence-corrected chi connectivity index (χ3v) is 3.41. The van der Waals surface area contributed by atoms with Gasteiger partial charge in [-0.05, 0) is 17.5 Å². The SMILES string of the molecule is O=[N+]([O-])c1ccc(Cc2ccccc2)c(C(F)(F)F)c1S. The maximum absolute atomic E-state index is 13.2. The molecule has 2 rings (SSSR count). The van der Waals surface area contributed by atoms with E-state index in [1.54, 1.807) is 30.3 Å². The number of nitro benzene ring substituents is 1. The second kappa shape index (κ2) is 5.77. The van der Waals surface area contributed by atoms with Crippen LogP contribution in [0.5, 0.6) is 0 Å². The van der Waals surface area contributed by atoms with Crippen LogP contribution in [0.3, 0.4) is 0 Å². The molecule has 0 heterocycles. The van der Waals surface area contributed by atoms with Crippen molar-refractivity contribution in [2.75, 3.05) is 0 Å². The van der Waals surface area contributed by atoms with E-state index in [4.69, 9.17) is 0 Å². The van der Waals surface area contributed by atoms with E-state index in [1.807, 2.05) is 0 Å². The Balaban J connectivity index is 2.56. The van der Waals surface area contributed by atoms with Crippen molar-refractivity contribution in [1.82, 2.24) is 0 Å². The summed E-state index contributed by atoms with van der Waals surface area (Å²) in [7, 11) is 0. The first-order valence-electron chi connectivity index (χ1n) is 5.91. The monoisotopic (exact) mass is 313 g/mol. The standard InChI is InChI=1S/C14H10F3NO2S/c15-14(16,17)12-10(8-9-4-2-1-3-5-9)6-7-11(13(12)21)18(19)20/h1-7,21H,8H2. The Labute approximate surface area is 124 Å². The first kappa shape index (κ1) is 15.4. The third kappa shape index (κ3) is 3.36. The zero-order valence-corrected chi connectivity index (χ0v) is 11.5. The lowest BCUT2D eigenvalue weighted by molar-refractivity contribution is -0.388. The van der Waals surface area contributed by atoms with Crippen LogP contribution in [0.4, 0.5) is 18.9 Å². The van der Waals surface area contributed by atoms with Gasteiger partial charge in [0.25, 0.3) is 5.69 Å². The van der Waals surface area contributed by atoms with Gasteiger partial charge >= 0.3 is 6.18 Å². The van der Waals surface area contributed by atoms with Gasteiger partial charge in [0.15, 0.2) is 0 Å². The van der Waals surface area contributed by atoms with Crippen molar-refractivity contribution < 1.29 is 18.1 Å². The van der Waals surface area contributed by atoms with E-state index in [2.05, 4.69) is 12.6 Å². The van der Waals surface area contributed by atoms with E-state index >= 15 is 0 Å². The van der Waals surface area contributed by atoms with Crippen LogP contribution < -0.4 is 0 Å². The molecule has 0 aliphatic rings. The quantitative estimate of drug-likeness (QED) is 0.515. The summed E-state index contributed by atoms with van der Waals surface area (Å²) in [6.45, 7) is 0. The number of hydrogen-bond acceptors (Lipinski definition) is 3. The first-order chi connectivity index (χ1) is 9.80. The van der Waals surface area contributed by atoms with E-state index in [0.29, 0.717) is 5.56 Å². The molecule has 0 atom stereocenters. The van der Waals surface area contributed by atoms with Crippen molar-refractivity contribution in [2.45, 2.75) is 17.5 Å². The van der Waals surface area contributed by atoms with Crippen LogP contribution in [0.25, 0.3) is 0 Å². The van der Waals surface area contributed by atoms with Crippen molar-refractivity contribution in [3.8, 4) is 0 Å². The number of halogens is 3. The Morgan fingerprint density at radius 2 is 1.71 bits per heavy atom. The molecular formula is C14H10F3NO2S. The highest BCUT2D eigenvalue weighted by atomic mass is 32.1. The molecule has 0 unspecified atom stereocenters. The third-order valence-electron chi connectivity index (χ3n) is 2.96. The molecule has 0 fully saturated rings. The predicted molar refractivity (Wildman–Crippen MR) is 74.6 cm³/mol. The first-order valence-corrected chi connectivity index (χ1v) is 6.35. The maximum atomic E-state index is 13.2. The Morgan fingerprint density at radius 1 is 1.10 bits per heavy atom. The van der Waals surface area contributed by atoms with Gasteiger partial charge in [-0.2, -0.15) is 13.2 Å². The normalized spacial score (nSPS) is 11.4. The van der Waals surface area contributed by atoms with Gasteiger partial charge in [0.2, 0.25) is 0 Å². The van der Waals surface area contributed by atoms with Crippen LogP contribution >= 0.6 is 12.6 Å². The minimum absolute atomic E-state index is 0.0290. The lowest BCUT2D eigenvalue weighted by Crippen LogP contribution is -2.12. The van der Waals surface area contributed by atoms with E-state index in [0.717, 1.165) is 12.1 Å². The zero-order chi connectivity index (χ0) is 15.6. The van der Waals surface area contributed by atoms with Gasteiger partial charge in [0, 0.05) is 6.07 Å². The van der Waals surface area contributed by atoms with Gasteiger partial charge in [-0.25, -0.2) is 0 Å². The van der Waals surface area contributed by atoms with Crippen molar-refractivity contribution in [3.05, 3.63) is 69.3 Å². The molecular weight excluding hydrogens is 303 g/mol. The van der Waals surface area contributed by atoms with Gasteiger partial charge in [-0.1, -0.05) is 36.4 Å². The molecule has 0 aliphatic heterocycles. The lowest BCUT2D eigenvalue weighted by atomic mass is 9.98. The van der Waals surface area contributed by atoms with Crippen LogP contribution in [-0.2, 0) is 12.6 Å². The fraction of sp³-hybridized carbons (Fsp3) is 0.143. The summed E-state index contributed by atoms with van der Waals surface area (Å²) >= 11 is 3.72. The molecule has 0 spiro atoms. The van der Waals surface area contributed by atoms with Crippen LogP contribution in [0, 0.1) is 10.1 Å². The second-order valence-electron chi connectivity index (χ2n) is 4.38. The number of hydrogen-bond donors (Lipinski definition) is 1. The lowest BCUT2D eigenvalue weighted by Gasteiger charge is -2.15. The highest BCUT2D eigenvalue weighted by Gasteiger charge is 2.38. The molecule has 110 valence electrons. The Hall–Kier alpha value is -2.02. The van der Waals surface area contributed by atoms with Gasteiger partial charge < -0.3 is 0 Å². The molecule has 3 nitrogen and oxygen atoms in total. The van der Waals surface area contributed by atoms with E-state index in [9.17, 15) is 23.3 Å². The summed E-state index contributed by atoms with van der Waals surface area (Å²) in [5, 5.41) is 10.8. The molecule has 0 radical (unpaired) electrons. The van der Waals surface area contributed by atoms with Gasteiger partial charge in [0.05, 0.1) is 15.4 Å². The minimum atomic E-state index is -4.70. The predicted octanol–water partition coefficient (Wildman–Crippen LogP) is 4.49. The van der Waals surface area contributed by atoms with Gasteiger partial charge in [-0.3, -0.25) is 10.1 Å². The average molecular weight is 313 g/mol. The molecule has 0 saturated carbocycles. The van der Waals surface area contributed by atoms with Crippen molar-refractivity contribution >= 4 is 18.3 Å².